The second kappa shape index (κ2) is 9.04. The normalized spacial score (nSPS) is 27.6. The van der Waals surface area contributed by atoms with Gasteiger partial charge in [0, 0.05) is 6.04 Å². The van der Waals surface area contributed by atoms with Crippen molar-refractivity contribution in [2.24, 2.45) is 5.92 Å². The molecule has 0 saturated heterocycles. The first-order valence-corrected chi connectivity index (χ1v) is 10.2. The molecular weight excluding hydrogens is 270 g/mol. The number of hydrogen-bond acceptors (Lipinski definition) is 3. The van der Waals surface area contributed by atoms with Gasteiger partial charge in [-0.05, 0) is 44.6 Å². The Balaban J connectivity index is 2.70. The zero-order valence-electron chi connectivity index (χ0n) is 13.5. The van der Waals surface area contributed by atoms with Crippen LogP contribution in [-0.2, 0) is 9.84 Å². The molecule has 1 aliphatic rings. The Morgan fingerprint density at radius 1 is 1.05 bits per heavy atom. The molecule has 1 fully saturated rings. The van der Waals surface area contributed by atoms with Crippen LogP contribution in [0.5, 0.6) is 0 Å². The van der Waals surface area contributed by atoms with Gasteiger partial charge in [-0.2, -0.15) is 0 Å². The molecule has 0 radical (unpaired) electrons. The van der Waals surface area contributed by atoms with Gasteiger partial charge in [0.1, 0.15) is 0 Å². The van der Waals surface area contributed by atoms with Gasteiger partial charge in [-0.25, -0.2) is 8.42 Å². The van der Waals surface area contributed by atoms with E-state index in [1.54, 1.807) is 0 Å². The van der Waals surface area contributed by atoms with Crippen LogP contribution in [0.3, 0.4) is 0 Å². The highest BCUT2D eigenvalue weighted by atomic mass is 32.2. The van der Waals surface area contributed by atoms with E-state index in [2.05, 4.69) is 26.1 Å². The van der Waals surface area contributed by atoms with Crippen LogP contribution < -0.4 is 5.32 Å². The lowest BCUT2D eigenvalue weighted by Gasteiger charge is -2.36. The fraction of sp³-hybridized carbons (Fsp3) is 1.00. The van der Waals surface area contributed by atoms with E-state index < -0.39 is 9.84 Å². The highest BCUT2D eigenvalue weighted by Crippen LogP contribution is 2.31. The molecule has 4 heteroatoms. The molecule has 0 aromatic carbocycles. The van der Waals surface area contributed by atoms with Gasteiger partial charge in [-0.15, -0.1) is 0 Å². The van der Waals surface area contributed by atoms with E-state index in [9.17, 15) is 8.42 Å². The monoisotopic (exact) mass is 303 g/mol. The van der Waals surface area contributed by atoms with E-state index in [4.69, 9.17) is 0 Å². The molecule has 120 valence electrons. The molecule has 3 unspecified atom stereocenters. The van der Waals surface area contributed by atoms with Gasteiger partial charge in [0.15, 0.2) is 9.84 Å². The topological polar surface area (TPSA) is 46.2 Å². The van der Waals surface area contributed by atoms with Crippen LogP contribution in [0.25, 0.3) is 0 Å². The fourth-order valence-corrected chi connectivity index (χ4v) is 5.45. The minimum atomic E-state index is -2.94. The first-order valence-electron chi connectivity index (χ1n) is 8.50. The molecule has 0 aromatic heterocycles. The van der Waals surface area contributed by atoms with Crippen molar-refractivity contribution in [1.82, 2.24) is 5.32 Å². The average Bonchev–Trinajstić information content (AvgIpc) is 2.45. The molecular formula is C16H33NO2S. The maximum absolute atomic E-state index is 12.7. The predicted octanol–water partition coefficient (Wildman–Crippen LogP) is 3.54. The van der Waals surface area contributed by atoms with Crippen molar-refractivity contribution in [3.05, 3.63) is 0 Å². The van der Waals surface area contributed by atoms with Crippen molar-refractivity contribution >= 4 is 9.84 Å². The van der Waals surface area contributed by atoms with E-state index in [1.165, 1.54) is 6.42 Å². The molecule has 0 aromatic rings. The van der Waals surface area contributed by atoms with Crippen LogP contribution in [-0.4, -0.2) is 32.0 Å². The second-order valence-corrected chi connectivity index (χ2v) is 8.60. The van der Waals surface area contributed by atoms with Crippen LogP contribution in [0.1, 0.15) is 72.1 Å². The smallest absolute Gasteiger partial charge is 0.154 e. The molecule has 3 atom stereocenters. The van der Waals surface area contributed by atoms with Gasteiger partial charge < -0.3 is 5.32 Å². The molecule has 0 spiro atoms. The summed E-state index contributed by atoms with van der Waals surface area (Å²) >= 11 is 0. The van der Waals surface area contributed by atoms with E-state index in [0.29, 0.717) is 11.7 Å². The molecule has 1 rings (SSSR count). The summed E-state index contributed by atoms with van der Waals surface area (Å²) in [5.74, 6) is 0.979. The SMILES string of the molecule is CCCCCS(=O)(=O)C1CC(CC)CCC1NCCC. The third-order valence-electron chi connectivity index (χ3n) is 4.63. The standard InChI is InChI=1S/C16H33NO2S/c1-4-7-8-12-20(18,19)16-13-14(6-3)9-10-15(16)17-11-5-2/h14-17H,4-13H2,1-3H3. The predicted molar refractivity (Wildman–Crippen MR) is 86.8 cm³/mol. The third kappa shape index (κ3) is 5.36. The lowest BCUT2D eigenvalue weighted by atomic mass is 9.84. The van der Waals surface area contributed by atoms with Gasteiger partial charge >= 0.3 is 0 Å². The molecule has 0 aliphatic heterocycles. The van der Waals surface area contributed by atoms with Crippen LogP contribution in [0.4, 0.5) is 0 Å². The summed E-state index contributed by atoms with van der Waals surface area (Å²) in [6.45, 7) is 7.37. The minimum absolute atomic E-state index is 0.149. The zero-order chi connectivity index (χ0) is 15.0. The highest BCUT2D eigenvalue weighted by Gasteiger charge is 2.37. The lowest BCUT2D eigenvalue weighted by Crippen LogP contribution is -2.49. The third-order valence-corrected chi connectivity index (χ3v) is 6.93. The van der Waals surface area contributed by atoms with Crippen LogP contribution >= 0.6 is 0 Å². The first kappa shape index (κ1) is 18.0. The summed E-state index contributed by atoms with van der Waals surface area (Å²) in [5.41, 5.74) is 0. The Labute approximate surface area is 125 Å². The Bertz CT molecular complexity index is 353. The van der Waals surface area contributed by atoms with Crippen LogP contribution in [0, 0.1) is 5.92 Å². The van der Waals surface area contributed by atoms with Crippen molar-refractivity contribution in [2.75, 3.05) is 12.3 Å². The summed E-state index contributed by atoms with van der Waals surface area (Å²) in [4.78, 5) is 0. The van der Waals surface area contributed by atoms with Crippen LogP contribution in [0.15, 0.2) is 0 Å². The van der Waals surface area contributed by atoms with Gasteiger partial charge in [-0.1, -0.05) is 40.0 Å². The Morgan fingerprint density at radius 2 is 1.80 bits per heavy atom. The fourth-order valence-electron chi connectivity index (χ4n) is 3.25. The highest BCUT2D eigenvalue weighted by molar-refractivity contribution is 7.92. The summed E-state index contributed by atoms with van der Waals surface area (Å²) < 4.78 is 25.3. The van der Waals surface area contributed by atoms with Crippen molar-refractivity contribution < 1.29 is 8.42 Å². The largest absolute Gasteiger partial charge is 0.313 e. The second-order valence-electron chi connectivity index (χ2n) is 6.26. The molecule has 0 amide bonds. The molecule has 1 N–H and O–H groups in total. The maximum atomic E-state index is 12.7. The van der Waals surface area contributed by atoms with Crippen molar-refractivity contribution in [3.8, 4) is 0 Å². The molecule has 0 bridgehead atoms. The number of unbranched alkanes of at least 4 members (excludes halogenated alkanes) is 2. The average molecular weight is 304 g/mol. The number of sulfone groups is 1. The molecule has 1 saturated carbocycles. The van der Waals surface area contributed by atoms with Gasteiger partial charge in [-0.3, -0.25) is 0 Å². The first-order chi connectivity index (χ1) is 9.55. The van der Waals surface area contributed by atoms with Gasteiger partial charge in [0.05, 0.1) is 11.0 Å². The van der Waals surface area contributed by atoms with E-state index in [1.807, 2.05) is 0 Å². The Morgan fingerprint density at radius 3 is 2.40 bits per heavy atom. The molecule has 1 aliphatic carbocycles. The summed E-state index contributed by atoms with van der Waals surface area (Å²) in [5, 5.41) is 3.33. The molecule has 0 heterocycles. The van der Waals surface area contributed by atoms with Gasteiger partial charge in [0.25, 0.3) is 0 Å². The zero-order valence-corrected chi connectivity index (χ0v) is 14.3. The van der Waals surface area contributed by atoms with Crippen molar-refractivity contribution in [1.29, 1.82) is 0 Å². The van der Waals surface area contributed by atoms with E-state index in [-0.39, 0.29) is 11.3 Å². The summed E-state index contributed by atoms with van der Waals surface area (Å²) in [6, 6.07) is 0.185. The minimum Gasteiger partial charge on any atom is -0.313 e. The number of hydrogen-bond donors (Lipinski definition) is 1. The van der Waals surface area contributed by atoms with E-state index in [0.717, 1.165) is 51.5 Å². The lowest BCUT2D eigenvalue weighted by molar-refractivity contribution is 0.287. The molecule has 20 heavy (non-hydrogen) atoms. The van der Waals surface area contributed by atoms with E-state index >= 15 is 0 Å². The molecule has 3 nitrogen and oxygen atoms in total. The summed E-state index contributed by atoms with van der Waals surface area (Å²) in [6.07, 6.45) is 8.18. The van der Waals surface area contributed by atoms with Crippen LogP contribution in [0.2, 0.25) is 0 Å². The quantitative estimate of drug-likeness (QED) is 0.663. The van der Waals surface area contributed by atoms with Gasteiger partial charge in [0.2, 0.25) is 0 Å². The Hall–Kier alpha value is -0.0900. The number of rotatable bonds is 9. The van der Waals surface area contributed by atoms with Crippen molar-refractivity contribution in [2.45, 2.75) is 83.4 Å². The Kier molecular flexibility index (Phi) is 8.11. The summed E-state index contributed by atoms with van der Waals surface area (Å²) in [7, 11) is -2.94. The number of nitrogens with one attached hydrogen (secondary N) is 1. The van der Waals surface area contributed by atoms with Crippen molar-refractivity contribution in [3.63, 3.8) is 0 Å². The maximum Gasteiger partial charge on any atom is 0.154 e.